The normalized spacial score (nSPS) is 18.9. The van der Waals surface area contributed by atoms with Crippen LogP contribution < -0.4 is 5.32 Å². The largest absolute Gasteiger partial charge is 0.416 e. The zero-order chi connectivity index (χ0) is 24.6. The summed E-state index contributed by atoms with van der Waals surface area (Å²) in [6, 6.07) is 5.57. The molecule has 2 aromatic rings. The number of nitrogens with one attached hydrogen (secondary N) is 1. The minimum Gasteiger partial charge on any atom is -0.341 e. The fourth-order valence-electron chi connectivity index (χ4n) is 4.28. The zero-order valence-corrected chi connectivity index (χ0v) is 19.2. The number of hydrogen-bond acceptors (Lipinski definition) is 2. The molecule has 11 heteroatoms. The maximum atomic E-state index is 13.5. The number of nitrogens with zero attached hydrogens (tertiary/aromatic N) is 1. The van der Waals surface area contributed by atoms with Gasteiger partial charge in [0.1, 0.15) is 5.82 Å². The number of amides is 1. The average molecular weight is 513 g/mol. The third-order valence-corrected chi connectivity index (χ3v) is 5.87. The number of hydrogen-bond donors (Lipinski definition) is 1. The Hall–Kier alpha value is -2.33. The molecule has 0 spiro atoms. The number of carbonyl (C=O) groups is 1. The van der Waals surface area contributed by atoms with Crippen molar-refractivity contribution in [2.24, 2.45) is 5.92 Å². The third-order valence-electron chi connectivity index (χ3n) is 5.87. The Labute approximate surface area is 198 Å². The van der Waals surface area contributed by atoms with Crippen LogP contribution in [0.25, 0.3) is 0 Å². The van der Waals surface area contributed by atoms with Crippen LogP contribution in [0.3, 0.4) is 0 Å². The minimum absolute atomic E-state index is 0. The Kier molecular flexibility index (Phi) is 8.63. The summed E-state index contributed by atoms with van der Waals surface area (Å²) in [7, 11) is 1.35. The van der Waals surface area contributed by atoms with Crippen molar-refractivity contribution in [2.75, 3.05) is 20.1 Å². The number of alkyl halides is 6. The van der Waals surface area contributed by atoms with Gasteiger partial charge in [0.15, 0.2) is 0 Å². The average Bonchev–Trinajstić information content (AvgIpc) is 2.72. The second-order valence-electron chi connectivity index (χ2n) is 8.32. The first-order chi connectivity index (χ1) is 15.3. The predicted molar refractivity (Wildman–Crippen MR) is 115 cm³/mol. The summed E-state index contributed by atoms with van der Waals surface area (Å²) in [5.41, 5.74) is -1.67. The van der Waals surface area contributed by atoms with E-state index in [0.717, 1.165) is 10.5 Å². The zero-order valence-electron chi connectivity index (χ0n) is 18.4. The number of piperidine rings is 1. The molecular formula is C23H24ClF7N2O. The van der Waals surface area contributed by atoms with E-state index in [2.05, 4.69) is 5.32 Å². The second kappa shape index (κ2) is 10.5. The second-order valence-corrected chi connectivity index (χ2v) is 8.32. The van der Waals surface area contributed by atoms with Gasteiger partial charge in [0.25, 0.3) is 0 Å². The Bertz CT molecular complexity index is 991. The number of rotatable bonds is 4. The molecular weight excluding hydrogens is 489 g/mol. The molecule has 0 radical (unpaired) electrons. The van der Waals surface area contributed by atoms with Crippen molar-refractivity contribution in [1.82, 2.24) is 10.2 Å². The summed E-state index contributed by atoms with van der Waals surface area (Å²) in [5, 5.41) is 3.18. The van der Waals surface area contributed by atoms with E-state index in [0.29, 0.717) is 37.2 Å². The quantitative estimate of drug-likeness (QED) is 0.514. The predicted octanol–water partition coefficient (Wildman–Crippen LogP) is 5.95. The van der Waals surface area contributed by atoms with Gasteiger partial charge in [0.05, 0.1) is 11.1 Å². The van der Waals surface area contributed by atoms with Crippen molar-refractivity contribution in [3.63, 3.8) is 0 Å². The van der Waals surface area contributed by atoms with E-state index in [-0.39, 0.29) is 30.0 Å². The molecule has 0 bridgehead atoms. The van der Waals surface area contributed by atoms with Gasteiger partial charge in [-0.2, -0.15) is 26.3 Å². The molecule has 1 aliphatic rings. The third kappa shape index (κ3) is 6.41. The Balaban J connectivity index is 0.00000408. The number of halogens is 8. The van der Waals surface area contributed by atoms with Crippen LogP contribution in [0.5, 0.6) is 0 Å². The highest BCUT2D eigenvalue weighted by Gasteiger charge is 2.38. The molecule has 3 rings (SSSR count). The van der Waals surface area contributed by atoms with E-state index in [4.69, 9.17) is 0 Å². The first-order valence-electron chi connectivity index (χ1n) is 10.3. The van der Waals surface area contributed by atoms with Crippen LogP contribution in [0.4, 0.5) is 30.7 Å². The van der Waals surface area contributed by atoms with Gasteiger partial charge < -0.3 is 10.2 Å². The molecule has 1 saturated heterocycles. The first-order valence-corrected chi connectivity index (χ1v) is 10.3. The van der Waals surface area contributed by atoms with Gasteiger partial charge in [0.2, 0.25) is 5.91 Å². The van der Waals surface area contributed by atoms with E-state index >= 15 is 0 Å². The van der Waals surface area contributed by atoms with Crippen LogP contribution in [-0.2, 0) is 23.7 Å². The smallest absolute Gasteiger partial charge is 0.341 e. The van der Waals surface area contributed by atoms with Crippen molar-refractivity contribution in [3.05, 3.63) is 70.0 Å². The van der Waals surface area contributed by atoms with Gasteiger partial charge in [-0.25, -0.2) is 4.39 Å². The molecule has 0 aliphatic carbocycles. The molecule has 1 unspecified atom stereocenters. The van der Waals surface area contributed by atoms with Crippen LogP contribution in [0.1, 0.15) is 40.2 Å². The van der Waals surface area contributed by atoms with Crippen LogP contribution in [0, 0.1) is 18.7 Å². The van der Waals surface area contributed by atoms with E-state index in [1.54, 1.807) is 13.0 Å². The summed E-state index contributed by atoms with van der Waals surface area (Å²) in [4.78, 5) is 14.4. The molecule has 3 nitrogen and oxygen atoms in total. The maximum absolute atomic E-state index is 13.5. The van der Waals surface area contributed by atoms with E-state index in [1.165, 1.54) is 19.2 Å². The molecule has 188 valence electrons. The SMILES string of the molecule is Cc1cc(F)ccc1C1CNCC[C@@H]1C(=O)N(C)Cc1cc(C(F)(F)F)cc(C(F)(F)F)c1.Cl. The summed E-state index contributed by atoms with van der Waals surface area (Å²) in [6.07, 6.45) is -9.49. The van der Waals surface area contributed by atoms with Crippen LogP contribution in [-0.4, -0.2) is 30.9 Å². The van der Waals surface area contributed by atoms with Crippen molar-refractivity contribution in [2.45, 2.75) is 38.2 Å². The highest BCUT2D eigenvalue weighted by atomic mass is 35.5. The lowest BCUT2D eigenvalue weighted by atomic mass is 9.79. The molecule has 1 aliphatic heterocycles. The lowest BCUT2D eigenvalue weighted by molar-refractivity contribution is -0.143. The van der Waals surface area contributed by atoms with Crippen LogP contribution >= 0.6 is 12.4 Å². The molecule has 1 N–H and O–H groups in total. The Morgan fingerprint density at radius 3 is 2.15 bits per heavy atom. The van der Waals surface area contributed by atoms with Crippen molar-refractivity contribution in [3.8, 4) is 0 Å². The van der Waals surface area contributed by atoms with Crippen molar-refractivity contribution < 1.29 is 35.5 Å². The van der Waals surface area contributed by atoms with Crippen molar-refractivity contribution in [1.29, 1.82) is 0 Å². The molecule has 1 heterocycles. The number of aryl methyl sites for hydroxylation is 1. The van der Waals surface area contributed by atoms with Crippen molar-refractivity contribution >= 4 is 18.3 Å². The lowest BCUT2D eigenvalue weighted by Gasteiger charge is -2.35. The van der Waals surface area contributed by atoms with Gasteiger partial charge in [-0.1, -0.05) is 6.07 Å². The topological polar surface area (TPSA) is 32.3 Å². The van der Waals surface area contributed by atoms with Gasteiger partial charge in [-0.05, 0) is 66.9 Å². The van der Waals surface area contributed by atoms with E-state index in [1.807, 2.05) is 0 Å². The Morgan fingerprint density at radius 1 is 1.03 bits per heavy atom. The fraction of sp³-hybridized carbons (Fsp3) is 0.435. The summed E-state index contributed by atoms with van der Waals surface area (Å²) in [6.45, 7) is 2.28. The standard InChI is InChI=1S/C23H23F7N2O.ClH/c1-13-7-17(24)3-4-18(13)20-11-31-6-5-19(20)21(33)32(2)12-14-8-15(22(25,26)27)10-16(9-14)23(28,29)30;/h3-4,7-10,19-20,31H,5-6,11-12H2,1-2H3;1H/t19-,20?;/m0./s1. The van der Waals surface area contributed by atoms with Crippen LogP contribution in [0.15, 0.2) is 36.4 Å². The first kappa shape index (κ1) is 27.9. The van der Waals surface area contributed by atoms with E-state index in [9.17, 15) is 35.5 Å². The van der Waals surface area contributed by atoms with Gasteiger partial charge in [-0.3, -0.25) is 4.79 Å². The molecule has 0 saturated carbocycles. The van der Waals surface area contributed by atoms with E-state index < -0.39 is 47.7 Å². The van der Waals surface area contributed by atoms with Crippen LogP contribution in [0.2, 0.25) is 0 Å². The fourth-order valence-corrected chi connectivity index (χ4v) is 4.28. The molecule has 2 aromatic carbocycles. The highest BCUT2D eigenvalue weighted by molar-refractivity contribution is 5.85. The summed E-state index contributed by atoms with van der Waals surface area (Å²) in [5.74, 6) is -1.66. The Morgan fingerprint density at radius 2 is 1.62 bits per heavy atom. The minimum atomic E-state index is -4.96. The molecule has 1 amide bonds. The molecule has 2 atom stereocenters. The van der Waals surface area contributed by atoms with Gasteiger partial charge >= 0.3 is 12.4 Å². The molecule has 34 heavy (non-hydrogen) atoms. The molecule has 0 aromatic heterocycles. The summed E-state index contributed by atoms with van der Waals surface area (Å²) >= 11 is 0. The summed E-state index contributed by atoms with van der Waals surface area (Å²) < 4.78 is 92.4. The van der Waals surface area contributed by atoms with Gasteiger partial charge in [0, 0.05) is 32.0 Å². The highest BCUT2D eigenvalue weighted by Crippen LogP contribution is 2.37. The number of carbonyl (C=O) groups excluding carboxylic acids is 1. The maximum Gasteiger partial charge on any atom is 0.416 e. The lowest BCUT2D eigenvalue weighted by Crippen LogP contribution is -2.44. The van der Waals surface area contributed by atoms with Gasteiger partial charge in [-0.15, -0.1) is 12.4 Å². The monoisotopic (exact) mass is 512 g/mol. The number of benzene rings is 2. The molecule has 1 fully saturated rings.